The van der Waals surface area contributed by atoms with Crippen LogP contribution in [0.5, 0.6) is 5.75 Å². The first-order valence-corrected chi connectivity index (χ1v) is 7.19. The summed E-state index contributed by atoms with van der Waals surface area (Å²) < 4.78 is 11.1. The normalized spacial score (nSPS) is 29.4. The van der Waals surface area contributed by atoms with Crippen molar-refractivity contribution in [2.75, 3.05) is 19.8 Å². The summed E-state index contributed by atoms with van der Waals surface area (Å²) in [6, 6.07) is 8.20. The second-order valence-corrected chi connectivity index (χ2v) is 5.99. The molecule has 3 heteroatoms. The average molecular weight is 262 g/mol. The fraction of sp³-hybridized carbons (Fsp3) is 0.625. The molecule has 2 aliphatic heterocycles. The van der Waals surface area contributed by atoms with E-state index in [0.29, 0.717) is 12.5 Å². The van der Waals surface area contributed by atoms with Crippen LogP contribution in [0.15, 0.2) is 24.3 Å². The van der Waals surface area contributed by atoms with E-state index in [1.165, 1.54) is 5.56 Å². The molecule has 3 nitrogen and oxygen atoms in total. The lowest BCUT2D eigenvalue weighted by Crippen LogP contribution is -2.37. The summed E-state index contributed by atoms with van der Waals surface area (Å²) in [4.78, 5) is 0. The van der Waals surface area contributed by atoms with Gasteiger partial charge >= 0.3 is 0 Å². The van der Waals surface area contributed by atoms with Gasteiger partial charge in [-0.15, -0.1) is 0 Å². The third-order valence-electron chi connectivity index (χ3n) is 4.55. The number of hydrogen-bond acceptors (Lipinski definition) is 3. The van der Waals surface area contributed by atoms with Gasteiger partial charge in [0.25, 0.3) is 0 Å². The highest BCUT2D eigenvalue weighted by Crippen LogP contribution is 2.41. The van der Waals surface area contributed by atoms with Gasteiger partial charge in [0, 0.05) is 12.5 Å². The van der Waals surface area contributed by atoms with Crippen LogP contribution in [0.4, 0.5) is 0 Å². The van der Waals surface area contributed by atoms with Crippen molar-refractivity contribution in [1.82, 2.24) is 0 Å². The second kappa shape index (κ2) is 5.14. The molecule has 0 saturated carbocycles. The molecule has 104 valence electrons. The van der Waals surface area contributed by atoms with Crippen LogP contribution in [0.1, 0.15) is 37.7 Å². The fourth-order valence-electron chi connectivity index (χ4n) is 3.32. The van der Waals surface area contributed by atoms with Crippen LogP contribution in [-0.4, -0.2) is 30.5 Å². The summed E-state index contributed by atoms with van der Waals surface area (Å²) >= 11 is 0. The van der Waals surface area contributed by atoms with Gasteiger partial charge in [0.2, 0.25) is 0 Å². The average Bonchev–Trinajstić information content (AvgIpc) is 2.93. The molecule has 2 heterocycles. The van der Waals surface area contributed by atoms with Gasteiger partial charge in [0.1, 0.15) is 5.75 Å². The molecule has 0 bridgehead atoms. The maximum Gasteiger partial charge on any atom is 0.122 e. The minimum absolute atomic E-state index is 0.266. The van der Waals surface area contributed by atoms with Crippen molar-refractivity contribution >= 4 is 0 Å². The Morgan fingerprint density at radius 1 is 1.26 bits per heavy atom. The van der Waals surface area contributed by atoms with Crippen molar-refractivity contribution in [3.8, 4) is 5.75 Å². The van der Waals surface area contributed by atoms with E-state index in [4.69, 9.17) is 9.47 Å². The van der Waals surface area contributed by atoms with Gasteiger partial charge in [0.05, 0.1) is 18.8 Å². The Labute approximate surface area is 114 Å². The minimum atomic E-state index is -0.647. The lowest BCUT2D eigenvalue weighted by Gasteiger charge is -2.35. The van der Waals surface area contributed by atoms with Gasteiger partial charge in [-0.2, -0.15) is 0 Å². The Balaban J connectivity index is 1.76. The third kappa shape index (κ3) is 2.63. The monoisotopic (exact) mass is 262 g/mol. The van der Waals surface area contributed by atoms with Gasteiger partial charge in [-0.05, 0) is 43.7 Å². The molecule has 3 atom stereocenters. The van der Waals surface area contributed by atoms with Crippen molar-refractivity contribution in [2.24, 2.45) is 5.92 Å². The number of hydrogen-bond donors (Lipinski definition) is 1. The Bertz CT molecular complexity index is 435. The highest BCUT2D eigenvalue weighted by molar-refractivity contribution is 5.37. The fourth-order valence-corrected chi connectivity index (χ4v) is 3.32. The Morgan fingerprint density at radius 2 is 2.11 bits per heavy atom. The van der Waals surface area contributed by atoms with Gasteiger partial charge in [-0.1, -0.05) is 18.2 Å². The SMILES string of the molecule is CC(O)(CC1CCOc2ccccc21)C1CCOC1. The molecule has 19 heavy (non-hydrogen) atoms. The number of aliphatic hydroxyl groups is 1. The molecule has 0 amide bonds. The summed E-state index contributed by atoms with van der Waals surface area (Å²) in [5, 5.41) is 10.8. The zero-order valence-corrected chi connectivity index (χ0v) is 11.5. The molecule has 1 fully saturated rings. The Kier molecular flexibility index (Phi) is 3.50. The number of benzene rings is 1. The summed E-state index contributed by atoms with van der Waals surface area (Å²) in [7, 11) is 0. The number of fused-ring (bicyclic) bond motifs is 1. The van der Waals surface area contributed by atoms with Crippen molar-refractivity contribution in [3.63, 3.8) is 0 Å². The van der Waals surface area contributed by atoms with Crippen LogP contribution in [0, 0.1) is 5.92 Å². The highest BCUT2D eigenvalue weighted by Gasteiger charge is 2.38. The van der Waals surface area contributed by atoms with Crippen molar-refractivity contribution in [3.05, 3.63) is 29.8 Å². The first kappa shape index (κ1) is 12.9. The highest BCUT2D eigenvalue weighted by atomic mass is 16.5. The third-order valence-corrected chi connectivity index (χ3v) is 4.55. The van der Waals surface area contributed by atoms with Crippen LogP contribution in [0.25, 0.3) is 0 Å². The molecule has 0 aliphatic carbocycles. The lowest BCUT2D eigenvalue weighted by atomic mass is 9.77. The maximum absolute atomic E-state index is 10.8. The van der Waals surface area contributed by atoms with Gasteiger partial charge in [-0.25, -0.2) is 0 Å². The predicted molar refractivity (Wildman–Crippen MR) is 73.5 cm³/mol. The second-order valence-electron chi connectivity index (χ2n) is 5.99. The van der Waals surface area contributed by atoms with Crippen molar-refractivity contribution in [2.45, 2.75) is 37.7 Å². The molecule has 2 aliphatic rings. The van der Waals surface area contributed by atoms with Gasteiger partial charge in [0.15, 0.2) is 0 Å². The molecule has 1 aromatic rings. The molecule has 0 aromatic heterocycles. The quantitative estimate of drug-likeness (QED) is 0.910. The van der Waals surface area contributed by atoms with E-state index in [1.54, 1.807) is 0 Å². The predicted octanol–water partition coefficient (Wildman–Crippen LogP) is 2.73. The van der Waals surface area contributed by atoms with Crippen LogP contribution < -0.4 is 4.74 Å². The first-order chi connectivity index (χ1) is 9.17. The van der Waals surface area contributed by atoms with Crippen LogP contribution >= 0.6 is 0 Å². The van der Waals surface area contributed by atoms with E-state index in [-0.39, 0.29) is 5.92 Å². The van der Waals surface area contributed by atoms with E-state index in [9.17, 15) is 5.11 Å². The topological polar surface area (TPSA) is 38.7 Å². The van der Waals surface area contributed by atoms with Gasteiger partial charge in [-0.3, -0.25) is 0 Å². The standard InChI is InChI=1S/C16H22O3/c1-16(17,13-7-8-18-11-13)10-12-6-9-19-15-5-3-2-4-14(12)15/h2-5,12-13,17H,6-11H2,1H3. The zero-order chi connectivity index (χ0) is 13.3. The molecule has 3 rings (SSSR count). The van der Waals surface area contributed by atoms with Crippen LogP contribution in [0.3, 0.4) is 0 Å². The summed E-state index contributed by atoms with van der Waals surface area (Å²) in [6.45, 7) is 4.19. The summed E-state index contributed by atoms with van der Waals surface area (Å²) in [5.74, 6) is 1.64. The van der Waals surface area contributed by atoms with Gasteiger partial charge < -0.3 is 14.6 Å². The Hall–Kier alpha value is -1.06. The van der Waals surface area contributed by atoms with Crippen LogP contribution in [0.2, 0.25) is 0 Å². The minimum Gasteiger partial charge on any atom is -0.493 e. The van der Waals surface area contributed by atoms with E-state index < -0.39 is 5.60 Å². The van der Waals surface area contributed by atoms with E-state index in [0.717, 1.165) is 38.2 Å². The maximum atomic E-state index is 10.8. The molecule has 1 aromatic carbocycles. The molecule has 1 N–H and O–H groups in total. The van der Waals surface area contributed by atoms with Crippen molar-refractivity contribution < 1.29 is 14.6 Å². The molecule has 0 spiro atoms. The molecule has 0 radical (unpaired) electrons. The molecule has 3 unspecified atom stereocenters. The largest absolute Gasteiger partial charge is 0.493 e. The zero-order valence-electron chi connectivity index (χ0n) is 11.5. The molecule has 1 saturated heterocycles. The van der Waals surface area contributed by atoms with E-state index >= 15 is 0 Å². The number of rotatable bonds is 3. The molecular weight excluding hydrogens is 240 g/mol. The first-order valence-electron chi connectivity index (χ1n) is 7.19. The van der Waals surface area contributed by atoms with E-state index in [2.05, 4.69) is 6.07 Å². The molecular formula is C16H22O3. The van der Waals surface area contributed by atoms with Crippen molar-refractivity contribution in [1.29, 1.82) is 0 Å². The Morgan fingerprint density at radius 3 is 2.89 bits per heavy atom. The summed E-state index contributed by atoms with van der Waals surface area (Å²) in [6.07, 6.45) is 2.75. The van der Waals surface area contributed by atoms with Crippen LogP contribution in [-0.2, 0) is 4.74 Å². The smallest absolute Gasteiger partial charge is 0.122 e. The van der Waals surface area contributed by atoms with E-state index in [1.807, 2.05) is 25.1 Å². The number of ether oxygens (including phenoxy) is 2. The lowest BCUT2D eigenvalue weighted by molar-refractivity contribution is -0.0205. The number of para-hydroxylation sites is 1. The summed E-state index contributed by atoms with van der Waals surface area (Å²) in [5.41, 5.74) is 0.596.